The van der Waals surface area contributed by atoms with Crippen LogP contribution in [0.5, 0.6) is 5.75 Å². The maximum absolute atomic E-state index is 12.5. The molecule has 7 heteroatoms. The molecule has 1 saturated heterocycles. The van der Waals surface area contributed by atoms with Gasteiger partial charge in [-0.1, -0.05) is 12.1 Å². The molecule has 1 fully saturated rings. The van der Waals surface area contributed by atoms with E-state index >= 15 is 0 Å². The number of pyridine rings is 1. The Morgan fingerprint density at radius 2 is 2.04 bits per heavy atom. The Morgan fingerprint density at radius 3 is 2.78 bits per heavy atom. The van der Waals surface area contributed by atoms with Crippen molar-refractivity contribution in [1.29, 1.82) is 0 Å². The maximum atomic E-state index is 12.5. The fourth-order valence-corrected chi connectivity index (χ4v) is 4.86. The van der Waals surface area contributed by atoms with Crippen LogP contribution in [0.2, 0.25) is 0 Å². The number of benzene rings is 1. The van der Waals surface area contributed by atoms with Crippen molar-refractivity contribution in [3.05, 3.63) is 51.1 Å². The molecule has 1 amide bonds. The quantitative estimate of drug-likeness (QED) is 0.628. The summed E-state index contributed by atoms with van der Waals surface area (Å²) >= 11 is 5.08. The smallest absolute Gasteiger partial charge is 0.223 e. The van der Waals surface area contributed by atoms with E-state index in [1.807, 2.05) is 36.4 Å². The molecule has 3 aromatic rings. The fraction of sp³-hybridized carbons (Fsp3) is 0.300. The van der Waals surface area contributed by atoms with Gasteiger partial charge >= 0.3 is 0 Å². The lowest BCUT2D eigenvalue weighted by Crippen LogP contribution is -2.40. The summed E-state index contributed by atoms with van der Waals surface area (Å²) in [6, 6.07) is 13.4. The van der Waals surface area contributed by atoms with E-state index in [0.29, 0.717) is 12.1 Å². The minimum Gasteiger partial charge on any atom is -0.506 e. The van der Waals surface area contributed by atoms with Crippen LogP contribution in [0.25, 0.3) is 10.9 Å². The third-order valence-electron chi connectivity index (χ3n) is 4.94. The summed E-state index contributed by atoms with van der Waals surface area (Å²) in [6.07, 6.45) is 1.61. The average molecular weight is 446 g/mol. The van der Waals surface area contributed by atoms with E-state index in [2.05, 4.69) is 31.1 Å². The number of para-hydroxylation sites is 1. The topological polar surface area (TPSA) is 65.5 Å². The lowest BCUT2D eigenvalue weighted by atomic mass is 9.96. The van der Waals surface area contributed by atoms with E-state index in [0.717, 1.165) is 45.8 Å². The van der Waals surface area contributed by atoms with Gasteiger partial charge in [-0.2, -0.15) is 0 Å². The molecule has 27 heavy (non-hydrogen) atoms. The van der Waals surface area contributed by atoms with Crippen LogP contribution < -0.4 is 10.2 Å². The number of carbonyl (C=O) groups excluding carboxylic acids is 1. The first-order valence-electron chi connectivity index (χ1n) is 8.96. The van der Waals surface area contributed by atoms with Crippen molar-refractivity contribution >= 4 is 49.9 Å². The second kappa shape index (κ2) is 7.86. The number of phenols is 1. The number of nitrogens with zero attached hydrogens (tertiary/aromatic N) is 2. The molecular formula is C20H20BrN3O2S. The van der Waals surface area contributed by atoms with Gasteiger partial charge < -0.3 is 15.3 Å². The zero-order valence-electron chi connectivity index (χ0n) is 14.7. The van der Waals surface area contributed by atoms with Crippen molar-refractivity contribution in [3.63, 3.8) is 0 Å². The molecule has 0 bridgehead atoms. The number of piperidine rings is 1. The molecule has 0 saturated carbocycles. The molecule has 3 heterocycles. The molecule has 2 N–H and O–H groups in total. The van der Waals surface area contributed by atoms with Gasteiger partial charge in [0.05, 0.1) is 10.3 Å². The van der Waals surface area contributed by atoms with Crippen molar-refractivity contribution < 1.29 is 9.90 Å². The van der Waals surface area contributed by atoms with Gasteiger partial charge in [0, 0.05) is 29.3 Å². The number of halogens is 1. The number of aromatic hydroxyl groups is 1. The Labute approximate surface area is 170 Å². The van der Waals surface area contributed by atoms with E-state index in [-0.39, 0.29) is 17.6 Å². The van der Waals surface area contributed by atoms with E-state index in [1.54, 1.807) is 17.4 Å². The SMILES string of the molecule is O=C(NCc1ccc(Br)s1)C1CCN(c2ccc3cccc(O)c3n2)CC1. The number of amides is 1. The Morgan fingerprint density at radius 1 is 1.22 bits per heavy atom. The summed E-state index contributed by atoms with van der Waals surface area (Å²) < 4.78 is 1.08. The molecule has 1 aliphatic heterocycles. The number of nitrogens with one attached hydrogen (secondary N) is 1. The predicted octanol–water partition coefficient (Wildman–Crippen LogP) is 4.30. The summed E-state index contributed by atoms with van der Waals surface area (Å²) in [5.74, 6) is 1.22. The second-order valence-corrected chi connectivity index (χ2v) is 9.25. The van der Waals surface area contributed by atoms with Gasteiger partial charge in [-0.25, -0.2) is 4.98 Å². The number of carbonyl (C=O) groups is 1. The molecule has 0 atom stereocenters. The van der Waals surface area contributed by atoms with Gasteiger partial charge in [0.2, 0.25) is 5.91 Å². The molecule has 5 nitrogen and oxygen atoms in total. The zero-order chi connectivity index (χ0) is 18.8. The number of hydrogen-bond acceptors (Lipinski definition) is 5. The number of rotatable bonds is 4. The van der Waals surface area contributed by atoms with Gasteiger partial charge in [-0.15, -0.1) is 11.3 Å². The lowest BCUT2D eigenvalue weighted by molar-refractivity contribution is -0.125. The van der Waals surface area contributed by atoms with Crippen LogP contribution in [0.1, 0.15) is 17.7 Å². The molecule has 0 unspecified atom stereocenters. The third-order valence-corrected chi connectivity index (χ3v) is 6.56. The first-order chi connectivity index (χ1) is 13.1. The van der Waals surface area contributed by atoms with Crippen LogP contribution >= 0.6 is 27.3 Å². The number of anilines is 1. The van der Waals surface area contributed by atoms with Crippen LogP contribution in [-0.2, 0) is 11.3 Å². The molecule has 2 aromatic heterocycles. The first-order valence-corrected chi connectivity index (χ1v) is 10.6. The van der Waals surface area contributed by atoms with Crippen LogP contribution in [0, 0.1) is 5.92 Å². The zero-order valence-corrected chi connectivity index (χ0v) is 17.1. The average Bonchev–Trinajstić information content (AvgIpc) is 3.11. The molecule has 140 valence electrons. The summed E-state index contributed by atoms with van der Waals surface area (Å²) in [5.41, 5.74) is 0.622. The standard InChI is InChI=1S/C20H20BrN3O2S/c21-17-6-5-15(27-17)12-22-20(26)14-8-10-24(11-9-14)18-7-4-13-2-1-3-16(25)19(13)23-18/h1-7,14,25H,8-12H2,(H,22,26). The summed E-state index contributed by atoms with van der Waals surface area (Å²) in [4.78, 5) is 20.4. The van der Waals surface area contributed by atoms with Gasteiger partial charge in [0.25, 0.3) is 0 Å². The van der Waals surface area contributed by atoms with Gasteiger partial charge in [-0.05, 0) is 59.1 Å². The highest BCUT2D eigenvalue weighted by Gasteiger charge is 2.25. The van der Waals surface area contributed by atoms with E-state index < -0.39 is 0 Å². The van der Waals surface area contributed by atoms with Crippen molar-refractivity contribution in [2.75, 3.05) is 18.0 Å². The summed E-state index contributed by atoms with van der Waals surface area (Å²) in [7, 11) is 0. The minimum absolute atomic E-state index is 0.0403. The lowest BCUT2D eigenvalue weighted by Gasteiger charge is -2.32. The largest absolute Gasteiger partial charge is 0.506 e. The van der Waals surface area contributed by atoms with Gasteiger partial charge in [0.1, 0.15) is 17.1 Å². The maximum Gasteiger partial charge on any atom is 0.223 e. The van der Waals surface area contributed by atoms with Crippen LogP contribution in [0.3, 0.4) is 0 Å². The number of thiophene rings is 1. The highest BCUT2D eigenvalue weighted by molar-refractivity contribution is 9.11. The minimum atomic E-state index is 0.0403. The van der Waals surface area contributed by atoms with E-state index in [4.69, 9.17) is 0 Å². The second-order valence-electron chi connectivity index (χ2n) is 6.70. The van der Waals surface area contributed by atoms with E-state index in [9.17, 15) is 9.90 Å². The fourth-order valence-electron chi connectivity index (χ4n) is 3.43. The monoisotopic (exact) mass is 445 g/mol. The molecular weight excluding hydrogens is 426 g/mol. The Balaban J connectivity index is 1.35. The number of phenolic OH excluding ortho intramolecular Hbond substituents is 1. The highest BCUT2D eigenvalue weighted by Crippen LogP contribution is 2.28. The molecule has 0 spiro atoms. The summed E-state index contributed by atoms with van der Waals surface area (Å²) in [5, 5.41) is 14.0. The van der Waals surface area contributed by atoms with Crippen LogP contribution in [0.15, 0.2) is 46.3 Å². The first kappa shape index (κ1) is 18.3. The molecule has 1 aliphatic rings. The van der Waals surface area contributed by atoms with Crippen molar-refractivity contribution in [3.8, 4) is 5.75 Å². The summed E-state index contributed by atoms with van der Waals surface area (Å²) in [6.45, 7) is 2.16. The Hall–Kier alpha value is -2.12. The van der Waals surface area contributed by atoms with Gasteiger partial charge in [-0.3, -0.25) is 4.79 Å². The predicted molar refractivity (Wildman–Crippen MR) is 112 cm³/mol. The Kier molecular flexibility index (Phi) is 5.31. The van der Waals surface area contributed by atoms with Crippen molar-refractivity contribution in [2.45, 2.75) is 19.4 Å². The third kappa shape index (κ3) is 4.09. The van der Waals surface area contributed by atoms with Crippen molar-refractivity contribution in [1.82, 2.24) is 10.3 Å². The number of aromatic nitrogens is 1. The normalized spacial score (nSPS) is 15.2. The number of fused-ring (bicyclic) bond motifs is 1. The Bertz CT molecular complexity index is 967. The van der Waals surface area contributed by atoms with Gasteiger partial charge in [0.15, 0.2) is 0 Å². The van der Waals surface area contributed by atoms with Crippen molar-refractivity contribution in [2.24, 2.45) is 5.92 Å². The molecule has 0 radical (unpaired) electrons. The molecule has 0 aliphatic carbocycles. The van der Waals surface area contributed by atoms with Crippen LogP contribution in [-0.4, -0.2) is 29.1 Å². The highest BCUT2D eigenvalue weighted by atomic mass is 79.9. The van der Waals surface area contributed by atoms with E-state index in [1.165, 1.54) is 0 Å². The van der Waals surface area contributed by atoms with Crippen LogP contribution in [0.4, 0.5) is 5.82 Å². The number of hydrogen-bond donors (Lipinski definition) is 2. The molecule has 4 rings (SSSR count). The molecule has 1 aromatic carbocycles.